The van der Waals surface area contributed by atoms with Crippen molar-refractivity contribution < 1.29 is 37.0 Å². The summed E-state index contributed by atoms with van der Waals surface area (Å²) in [6.07, 6.45) is -3.35. The Bertz CT molecular complexity index is 773. The van der Waals surface area contributed by atoms with E-state index in [0.29, 0.717) is 25.8 Å². The normalized spacial score (nSPS) is 18.5. The summed E-state index contributed by atoms with van der Waals surface area (Å²) in [6, 6.07) is 5.02. The summed E-state index contributed by atoms with van der Waals surface area (Å²) in [6.45, 7) is 0.813. The molecule has 0 radical (unpaired) electrons. The molecule has 0 spiro atoms. The Morgan fingerprint density at radius 3 is 2.74 bits per heavy atom. The number of nitrogens with one attached hydrogen (secondary N) is 2. The van der Waals surface area contributed by atoms with Crippen LogP contribution in [0.15, 0.2) is 24.3 Å². The SMILES string of the molecule is COCC(=O)N1CCCC(C(=O)Nc2cccc(OC(F)(F)F)c2)CCNC(=O)CC1. The highest BCUT2D eigenvalue weighted by Gasteiger charge is 2.31. The van der Waals surface area contributed by atoms with Crippen molar-refractivity contribution in [1.29, 1.82) is 0 Å². The second-order valence-corrected chi connectivity index (χ2v) is 7.11. The van der Waals surface area contributed by atoms with Gasteiger partial charge in [0.25, 0.3) is 0 Å². The van der Waals surface area contributed by atoms with Crippen LogP contribution in [0, 0.1) is 5.92 Å². The van der Waals surface area contributed by atoms with Gasteiger partial charge in [-0.25, -0.2) is 0 Å². The fourth-order valence-electron chi connectivity index (χ4n) is 3.24. The Kier molecular flexibility index (Phi) is 9.10. The van der Waals surface area contributed by atoms with Crippen molar-refractivity contribution in [3.05, 3.63) is 24.3 Å². The highest BCUT2D eigenvalue weighted by Crippen LogP contribution is 2.25. The van der Waals surface area contributed by atoms with Gasteiger partial charge in [0.1, 0.15) is 12.4 Å². The quantitative estimate of drug-likeness (QED) is 0.725. The van der Waals surface area contributed by atoms with E-state index < -0.39 is 18.0 Å². The Balaban J connectivity index is 2.03. The van der Waals surface area contributed by atoms with Gasteiger partial charge in [-0.1, -0.05) is 6.07 Å². The molecule has 0 saturated carbocycles. The average Bonchev–Trinajstić information content (AvgIpc) is 2.71. The van der Waals surface area contributed by atoms with E-state index in [0.717, 1.165) is 12.1 Å². The van der Waals surface area contributed by atoms with Gasteiger partial charge in [-0.15, -0.1) is 13.2 Å². The fraction of sp³-hybridized carbons (Fsp3) is 0.550. The fourth-order valence-corrected chi connectivity index (χ4v) is 3.24. The summed E-state index contributed by atoms with van der Waals surface area (Å²) >= 11 is 0. The van der Waals surface area contributed by atoms with Gasteiger partial charge in [-0.2, -0.15) is 0 Å². The molecule has 2 rings (SSSR count). The van der Waals surface area contributed by atoms with Gasteiger partial charge in [0.15, 0.2) is 0 Å². The van der Waals surface area contributed by atoms with E-state index in [-0.39, 0.29) is 49.5 Å². The maximum atomic E-state index is 12.7. The van der Waals surface area contributed by atoms with E-state index in [1.807, 2.05) is 0 Å². The molecule has 1 unspecified atom stereocenters. The number of benzene rings is 1. The van der Waals surface area contributed by atoms with Crippen molar-refractivity contribution in [1.82, 2.24) is 10.2 Å². The van der Waals surface area contributed by atoms with Crippen LogP contribution in [-0.4, -0.2) is 62.3 Å². The molecule has 0 bridgehead atoms. The molecule has 1 saturated heterocycles. The van der Waals surface area contributed by atoms with Gasteiger partial charge in [0.05, 0.1) is 0 Å². The molecule has 1 aromatic carbocycles. The number of hydrogen-bond donors (Lipinski definition) is 2. The number of amides is 3. The summed E-state index contributed by atoms with van der Waals surface area (Å²) in [5, 5.41) is 5.33. The lowest BCUT2D eigenvalue weighted by atomic mass is 9.98. The summed E-state index contributed by atoms with van der Waals surface area (Å²) in [7, 11) is 1.41. The van der Waals surface area contributed by atoms with Gasteiger partial charge < -0.3 is 25.0 Å². The Morgan fingerprint density at radius 1 is 1.26 bits per heavy atom. The number of carbonyl (C=O) groups excluding carboxylic acids is 3. The first-order valence-corrected chi connectivity index (χ1v) is 9.88. The van der Waals surface area contributed by atoms with Crippen LogP contribution in [0.1, 0.15) is 25.7 Å². The third-order valence-electron chi connectivity index (χ3n) is 4.73. The van der Waals surface area contributed by atoms with Gasteiger partial charge >= 0.3 is 6.36 Å². The highest BCUT2D eigenvalue weighted by atomic mass is 19.4. The molecule has 3 amide bonds. The van der Waals surface area contributed by atoms with Crippen LogP contribution in [0.4, 0.5) is 18.9 Å². The summed E-state index contributed by atoms with van der Waals surface area (Å²) < 4.78 is 45.9. The summed E-state index contributed by atoms with van der Waals surface area (Å²) in [5.74, 6) is -1.78. The Labute approximate surface area is 178 Å². The lowest BCUT2D eigenvalue weighted by molar-refractivity contribution is -0.274. The van der Waals surface area contributed by atoms with Crippen LogP contribution in [0.25, 0.3) is 0 Å². The van der Waals surface area contributed by atoms with Crippen molar-refractivity contribution in [3.63, 3.8) is 0 Å². The molecule has 1 atom stereocenters. The first-order valence-electron chi connectivity index (χ1n) is 9.88. The minimum absolute atomic E-state index is 0.0954. The Hall–Kier alpha value is -2.82. The molecule has 1 aliphatic rings. The van der Waals surface area contributed by atoms with E-state index in [1.54, 1.807) is 0 Å². The van der Waals surface area contributed by atoms with Gasteiger partial charge in [-0.05, 0) is 31.4 Å². The monoisotopic (exact) mass is 445 g/mol. The first kappa shape index (κ1) is 24.4. The number of carbonyl (C=O) groups is 3. The number of methoxy groups -OCH3 is 1. The predicted molar refractivity (Wildman–Crippen MR) is 105 cm³/mol. The molecular formula is C20H26F3N3O5. The molecule has 11 heteroatoms. The second kappa shape index (κ2) is 11.5. The van der Waals surface area contributed by atoms with Crippen molar-refractivity contribution in [2.24, 2.45) is 5.92 Å². The average molecular weight is 445 g/mol. The summed E-state index contributed by atoms with van der Waals surface area (Å²) in [5.41, 5.74) is 0.169. The zero-order chi connectivity index (χ0) is 22.9. The molecule has 1 aromatic rings. The number of hydrogen-bond acceptors (Lipinski definition) is 5. The maximum absolute atomic E-state index is 12.7. The third kappa shape index (κ3) is 8.83. The van der Waals surface area contributed by atoms with Crippen LogP contribution in [0.2, 0.25) is 0 Å². The lowest BCUT2D eigenvalue weighted by Crippen LogP contribution is -2.37. The zero-order valence-electron chi connectivity index (χ0n) is 17.2. The number of ether oxygens (including phenoxy) is 2. The first-order chi connectivity index (χ1) is 14.7. The minimum atomic E-state index is -4.83. The van der Waals surface area contributed by atoms with Crippen LogP contribution in [-0.2, 0) is 19.1 Å². The molecule has 0 aliphatic carbocycles. The van der Waals surface area contributed by atoms with Crippen molar-refractivity contribution >= 4 is 23.4 Å². The largest absolute Gasteiger partial charge is 0.573 e. The lowest BCUT2D eigenvalue weighted by Gasteiger charge is -2.22. The zero-order valence-corrected chi connectivity index (χ0v) is 17.2. The van der Waals surface area contributed by atoms with Crippen LogP contribution in [0.3, 0.4) is 0 Å². The smallest absolute Gasteiger partial charge is 0.406 e. The van der Waals surface area contributed by atoms with Gasteiger partial charge in [-0.3, -0.25) is 14.4 Å². The molecule has 1 heterocycles. The molecule has 2 N–H and O–H groups in total. The van der Waals surface area contributed by atoms with Gasteiger partial charge in [0, 0.05) is 50.8 Å². The standard InChI is InChI=1S/C20H26F3N3O5/c1-30-13-18(28)26-10-3-4-14(7-9-24-17(27)8-11-26)19(29)25-15-5-2-6-16(12-15)31-20(21,22)23/h2,5-6,12,14H,3-4,7-11,13H2,1H3,(H,24,27)(H,25,29). The number of alkyl halides is 3. The van der Waals surface area contributed by atoms with Crippen molar-refractivity contribution in [2.75, 3.05) is 38.7 Å². The Morgan fingerprint density at radius 2 is 2.03 bits per heavy atom. The number of rotatable bonds is 5. The highest BCUT2D eigenvalue weighted by molar-refractivity contribution is 5.92. The van der Waals surface area contributed by atoms with E-state index in [2.05, 4.69) is 15.4 Å². The van der Waals surface area contributed by atoms with E-state index >= 15 is 0 Å². The number of halogens is 3. The molecular weight excluding hydrogens is 419 g/mol. The molecule has 31 heavy (non-hydrogen) atoms. The van der Waals surface area contributed by atoms with Crippen LogP contribution >= 0.6 is 0 Å². The molecule has 172 valence electrons. The third-order valence-corrected chi connectivity index (χ3v) is 4.73. The van der Waals surface area contributed by atoms with Crippen molar-refractivity contribution in [3.8, 4) is 5.75 Å². The molecule has 8 nitrogen and oxygen atoms in total. The van der Waals surface area contributed by atoms with Crippen molar-refractivity contribution in [2.45, 2.75) is 32.0 Å². The summed E-state index contributed by atoms with van der Waals surface area (Å²) in [4.78, 5) is 38.4. The van der Waals surface area contributed by atoms with E-state index in [1.165, 1.54) is 24.1 Å². The molecule has 1 fully saturated rings. The van der Waals surface area contributed by atoms with Gasteiger partial charge in [0.2, 0.25) is 17.7 Å². The maximum Gasteiger partial charge on any atom is 0.573 e. The van der Waals surface area contributed by atoms with Crippen LogP contribution in [0.5, 0.6) is 5.75 Å². The van der Waals surface area contributed by atoms with Crippen LogP contribution < -0.4 is 15.4 Å². The number of nitrogens with zero attached hydrogens (tertiary/aromatic N) is 1. The minimum Gasteiger partial charge on any atom is -0.406 e. The molecule has 1 aliphatic heterocycles. The molecule has 0 aromatic heterocycles. The van der Waals surface area contributed by atoms with E-state index in [4.69, 9.17) is 4.74 Å². The topological polar surface area (TPSA) is 97.0 Å². The van der Waals surface area contributed by atoms with E-state index in [9.17, 15) is 27.6 Å². The number of anilines is 1. The second-order valence-electron chi connectivity index (χ2n) is 7.11. The predicted octanol–water partition coefficient (Wildman–Crippen LogP) is 2.31.